The summed E-state index contributed by atoms with van der Waals surface area (Å²) in [4.78, 5) is 56.3. The monoisotopic (exact) mass is 778 g/mol. The third-order valence-electron chi connectivity index (χ3n) is 10.3. The van der Waals surface area contributed by atoms with Gasteiger partial charge in [-0.25, -0.2) is 17.6 Å². The maximum Gasteiger partial charge on any atom is 0.416 e. The van der Waals surface area contributed by atoms with Gasteiger partial charge in [-0.15, -0.1) is 0 Å². The summed E-state index contributed by atoms with van der Waals surface area (Å²) in [5.41, 5.74) is -3.92. The van der Waals surface area contributed by atoms with Gasteiger partial charge in [0.25, 0.3) is 23.6 Å². The van der Waals surface area contributed by atoms with E-state index in [-0.39, 0.29) is 21.9 Å². The van der Waals surface area contributed by atoms with Crippen LogP contribution in [0.3, 0.4) is 0 Å². The average Bonchev–Trinajstić information content (AvgIpc) is 3.14. The molecule has 0 atom stereocenters. The number of carbonyl (C=O) groups excluding carboxylic acids is 4. The Hall–Kier alpha value is -6.58. The van der Waals surface area contributed by atoms with Crippen LogP contribution in [0.5, 0.6) is 0 Å². The molecule has 0 radical (unpaired) electrons. The van der Waals surface area contributed by atoms with Crippen LogP contribution in [0, 0.1) is 23.3 Å². The Labute approximate surface area is 305 Å². The van der Waals surface area contributed by atoms with Gasteiger partial charge in [-0.3, -0.25) is 29.0 Å². The first kappa shape index (κ1) is 35.1. The Bertz CT molecular complexity index is 2620. The number of hydrogen-bond acceptors (Lipinski definition) is 4. The molecular formula is C40H16F10N2O4. The van der Waals surface area contributed by atoms with Crippen molar-refractivity contribution < 1.29 is 63.1 Å². The van der Waals surface area contributed by atoms with Crippen LogP contribution in [0.1, 0.15) is 63.7 Å². The van der Waals surface area contributed by atoms with E-state index < -0.39 is 138 Å². The number of imide groups is 2. The van der Waals surface area contributed by atoms with E-state index in [1.54, 1.807) is 0 Å². The minimum atomic E-state index is -4.68. The maximum absolute atomic E-state index is 16.5. The highest BCUT2D eigenvalue weighted by molar-refractivity contribution is 6.41. The zero-order chi connectivity index (χ0) is 39.9. The van der Waals surface area contributed by atoms with Crippen molar-refractivity contribution in [3.8, 4) is 0 Å². The van der Waals surface area contributed by atoms with Gasteiger partial charge in [0.05, 0.1) is 46.5 Å². The van der Waals surface area contributed by atoms with Crippen molar-refractivity contribution in [3.05, 3.63) is 141 Å². The number of benzene rings is 7. The summed E-state index contributed by atoms with van der Waals surface area (Å²) in [6.07, 6.45) is -9.35. The fraction of sp³-hybridized carbons (Fsp3) is 0.100. The van der Waals surface area contributed by atoms with E-state index in [4.69, 9.17) is 0 Å². The van der Waals surface area contributed by atoms with E-state index >= 15 is 17.6 Å². The number of halogens is 10. The van der Waals surface area contributed by atoms with E-state index in [0.717, 1.165) is 48.5 Å². The summed E-state index contributed by atoms with van der Waals surface area (Å²) in [5, 5.41) is -4.59. The van der Waals surface area contributed by atoms with Crippen LogP contribution in [0.15, 0.2) is 72.8 Å². The van der Waals surface area contributed by atoms with Gasteiger partial charge in [0.1, 0.15) is 23.3 Å². The third-order valence-corrected chi connectivity index (χ3v) is 10.3. The topological polar surface area (TPSA) is 74.8 Å². The first-order valence-corrected chi connectivity index (χ1v) is 16.4. The summed E-state index contributed by atoms with van der Waals surface area (Å²) >= 11 is 0. The van der Waals surface area contributed by atoms with E-state index in [9.17, 15) is 45.5 Å². The molecule has 7 aromatic carbocycles. The molecule has 0 aliphatic carbocycles. The molecule has 4 amide bonds. The Morgan fingerprint density at radius 1 is 0.375 bits per heavy atom. The minimum Gasteiger partial charge on any atom is -0.270 e. The predicted molar refractivity (Wildman–Crippen MR) is 179 cm³/mol. The second kappa shape index (κ2) is 11.5. The molecule has 2 aliphatic heterocycles. The Kier molecular flexibility index (Phi) is 7.20. The first-order chi connectivity index (χ1) is 26.4. The van der Waals surface area contributed by atoms with Crippen LogP contribution >= 0.6 is 0 Å². The average molecular weight is 779 g/mol. The summed E-state index contributed by atoms with van der Waals surface area (Å²) < 4.78 is 144. The number of carbonyl (C=O) groups is 4. The normalized spacial score (nSPS) is 14.8. The van der Waals surface area contributed by atoms with Gasteiger partial charge in [-0.1, -0.05) is 24.3 Å². The zero-order valence-electron chi connectivity index (χ0n) is 27.6. The van der Waals surface area contributed by atoms with E-state index in [1.165, 1.54) is 0 Å². The van der Waals surface area contributed by atoms with Crippen LogP contribution in [0.2, 0.25) is 0 Å². The Morgan fingerprint density at radius 2 is 0.625 bits per heavy atom. The molecule has 56 heavy (non-hydrogen) atoms. The maximum atomic E-state index is 16.5. The third kappa shape index (κ3) is 4.83. The molecular weight excluding hydrogens is 762 g/mol. The summed E-state index contributed by atoms with van der Waals surface area (Å²) in [5.74, 6) is -9.84. The van der Waals surface area contributed by atoms with Crippen molar-refractivity contribution >= 4 is 66.7 Å². The van der Waals surface area contributed by atoms with Crippen molar-refractivity contribution in [2.24, 2.45) is 0 Å². The summed E-state index contributed by atoms with van der Waals surface area (Å²) in [6.45, 7) is -1.20. The fourth-order valence-corrected chi connectivity index (χ4v) is 7.81. The Balaban J connectivity index is 1.23. The highest BCUT2D eigenvalue weighted by atomic mass is 19.4. The first-order valence-electron chi connectivity index (χ1n) is 16.4. The smallest absolute Gasteiger partial charge is 0.270 e. The number of rotatable bonds is 4. The molecule has 9 rings (SSSR count). The molecule has 2 heterocycles. The molecule has 0 aromatic heterocycles. The number of hydrogen-bond donors (Lipinski definition) is 0. The lowest BCUT2D eigenvalue weighted by Gasteiger charge is -2.31. The molecule has 0 bridgehead atoms. The van der Waals surface area contributed by atoms with Crippen molar-refractivity contribution in [1.82, 2.24) is 9.80 Å². The van der Waals surface area contributed by atoms with Gasteiger partial charge in [-0.2, -0.15) is 26.3 Å². The van der Waals surface area contributed by atoms with Crippen molar-refractivity contribution in [1.29, 1.82) is 0 Å². The van der Waals surface area contributed by atoms with Gasteiger partial charge in [0.2, 0.25) is 0 Å². The molecule has 0 saturated carbocycles. The lowest BCUT2D eigenvalue weighted by molar-refractivity contribution is -0.138. The highest BCUT2D eigenvalue weighted by Crippen LogP contribution is 2.50. The van der Waals surface area contributed by atoms with Gasteiger partial charge < -0.3 is 0 Å². The van der Waals surface area contributed by atoms with Crippen LogP contribution in [0.25, 0.3) is 43.1 Å². The van der Waals surface area contributed by atoms with Crippen molar-refractivity contribution in [3.63, 3.8) is 0 Å². The molecule has 0 unspecified atom stereocenters. The molecule has 2 aliphatic rings. The molecule has 0 spiro atoms. The molecule has 7 aromatic rings. The highest BCUT2D eigenvalue weighted by Gasteiger charge is 2.41. The second-order valence-corrected chi connectivity index (χ2v) is 13.4. The molecule has 0 N–H and O–H groups in total. The van der Waals surface area contributed by atoms with E-state index in [1.807, 2.05) is 0 Å². The molecule has 0 fully saturated rings. The standard InChI is InChI=1S/C40H16F10N2O4/c41-23-9-19-27-20(36(54)51(35(19)53)13-15-1-5-17(6-2-15)39(45,46)47)10-24(42)30-32-26(44)12-22-28-21(11-25(43)31(34(28)32)29(23)33(27)30)37(55)52(38(22)56)14-16-3-7-18(8-4-16)40(48,49)50/h1-12H,13-14H2. The van der Waals surface area contributed by atoms with E-state index in [2.05, 4.69) is 0 Å². The van der Waals surface area contributed by atoms with Gasteiger partial charge in [-0.05, 0) is 59.7 Å². The van der Waals surface area contributed by atoms with Gasteiger partial charge in [0.15, 0.2) is 0 Å². The summed E-state index contributed by atoms with van der Waals surface area (Å²) in [7, 11) is 0. The summed E-state index contributed by atoms with van der Waals surface area (Å²) in [6, 6.07) is 9.62. The number of amides is 4. The second-order valence-electron chi connectivity index (χ2n) is 13.4. The zero-order valence-corrected chi connectivity index (χ0v) is 27.6. The number of alkyl halides is 6. The largest absolute Gasteiger partial charge is 0.416 e. The Morgan fingerprint density at radius 3 is 0.857 bits per heavy atom. The molecule has 0 saturated heterocycles. The molecule has 280 valence electrons. The van der Waals surface area contributed by atoms with Crippen LogP contribution in [-0.2, 0) is 25.4 Å². The van der Waals surface area contributed by atoms with Crippen LogP contribution in [-0.4, -0.2) is 33.4 Å². The van der Waals surface area contributed by atoms with Crippen molar-refractivity contribution in [2.75, 3.05) is 0 Å². The molecule has 6 nitrogen and oxygen atoms in total. The number of fused-ring (bicyclic) bond motifs is 2. The van der Waals surface area contributed by atoms with Crippen molar-refractivity contribution in [2.45, 2.75) is 25.4 Å². The van der Waals surface area contributed by atoms with Crippen LogP contribution in [0.4, 0.5) is 43.9 Å². The van der Waals surface area contributed by atoms with E-state index in [0.29, 0.717) is 34.1 Å². The number of nitrogens with zero attached hydrogens (tertiary/aromatic N) is 2. The quantitative estimate of drug-likeness (QED) is 0.0772. The lowest BCUT2D eigenvalue weighted by Crippen LogP contribution is -2.40. The van der Waals surface area contributed by atoms with Gasteiger partial charge >= 0.3 is 12.4 Å². The fourth-order valence-electron chi connectivity index (χ4n) is 7.81. The molecule has 16 heteroatoms. The SMILES string of the molecule is O=C1c2cc(F)c3c4c(F)cc5c6c(cc(F)c(c7c(F)cc(c2c37)C(=O)N1Cc1ccc(C(F)(F)F)cc1)c64)C(=O)N(Cc1ccc(C(F)(F)F)cc1)C5=O. The predicted octanol–water partition coefficient (Wildman–Crippen LogP) is 9.92. The van der Waals surface area contributed by atoms with Crippen LogP contribution < -0.4 is 0 Å². The minimum absolute atomic E-state index is 0.0644. The van der Waals surface area contributed by atoms with Gasteiger partial charge in [0, 0.05) is 43.1 Å². The lowest BCUT2D eigenvalue weighted by atomic mass is 9.81.